The molecule has 1 nitrogen and oxygen atoms in total. The van der Waals surface area contributed by atoms with Crippen molar-refractivity contribution in [3.8, 4) is 0 Å². The van der Waals surface area contributed by atoms with Gasteiger partial charge in [0.05, 0.1) is 12.6 Å². The maximum Gasteiger partial charge on any atom is 0.0947 e. The largest absolute Gasteiger partial charge is 0.340 e. The summed E-state index contributed by atoms with van der Waals surface area (Å²) in [6.45, 7) is 5.94. The van der Waals surface area contributed by atoms with E-state index in [2.05, 4.69) is 61.6 Å². The number of benzene rings is 1. The van der Waals surface area contributed by atoms with Gasteiger partial charge in [0.2, 0.25) is 0 Å². The zero-order valence-electron chi connectivity index (χ0n) is 11.7. The maximum absolute atomic E-state index is 2.53. The second kappa shape index (κ2) is 6.75. The molecule has 1 aromatic rings. The molecule has 0 bridgehead atoms. The zero-order chi connectivity index (χ0) is 12.8. The molecule has 0 radical (unpaired) electrons. The molecule has 1 aliphatic carbocycles. The van der Waals surface area contributed by atoms with Gasteiger partial charge in [0.1, 0.15) is 0 Å². The van der Waals surface area contributed by atoms with Crippen LogP contribution in [0.2, 0.25) is 0 Å². The van der Waals surface area contributed by atoms with Crippen molar-refractivity contribution in [2.24, 2.45) is 11.8 Å². The predicted molar refractivity (Wildman–Crippen MR) is 78.2 cm³/mol. The smallest absolute Gasteiger partial charge is 0.0947 e. The van der Waals surface area contributed by atoms with E-state index >= 15 is 0 Å². The van der Waals surface area contributed by atoms with E-state index in [1.807, 2.05) is 0 Å². The topological polar surface area (TPSA) is 16.6 Å². The first kappa shape index (κ1) is 13.4. The van der Waals surface area contributed by atoms with E-state index in [0.29, 0.717) is 0 Å². The van der Waals surface area contributed by atoms with Crippen molar-refractivity contribution in [1.82, 2.24) is 0 Å². The minimum absolute atomic E-state index is 0.828. The molecule has 0 aliphatic heterocycles. The van der Waals surface area contributed by atoms with Gasteiger partial charge >= 0.3 is 0 Å². The van der Waals surface area contributed by atoms with Gasteiger partial charge in [-0.25, -0.2) is 0 Å². The Kier molecular flexibility index (Phi) is 5.00. The Bertz CT molecular complexity index is 368. The number of nitrogens with two attached hydrogens (primary N) is 1. The number of hydrogen-bond acceptors (Lipinski definition) is 0. The lowest BCUT2D eigenvalue weighted by atomic mass is 9.78. The lowest BCUT2D eigenvalue weighted by molar-refractivity contribution is -0.691. The van der Waals surface area contributed by atoms with Crippen LogP contribution >= 0.6 is 0 Å². The molecule has 1 fully saturated rings. The lowest BCUT2D eigenvalue weighted by Crippen LogP contribution is -2.91. The summed E-state index contributed by atoms with van der Waals surface area (Å²) in [5.41, 5.74) is 1.30. The molecule has 1 aliphatic rings. The third-order valence-corrected chi connectivity index (χ3v) is 4.45. The van der Waals surface area contributed by atoms with E-state index in [-0.39, 0.29) is 0 Å². The molecule has 3 atom stereocenters. The van der Waals surface area contributed by atoms with Gasteiger partial charge in [0.25, 0.3) is 0 Å². The van der Waals surface area contributed by atoms with Crippen molar-refractivity contribution in [2.75, 3.05) is 6.54 Å². The molecule has 18 heavy (non-hydrogen) atoms. The van der Waals surface area contributed by atoms with Crippen molar-refractivity contribution in [3.63, 3.8) is 0 Å². The van der Waals surface area contributed by atoms with Crippen molar-refractivity contribution in [1.29, 1.82) is 0 Å². The summed E-state index contributed by atoms with van der Waals surface area (Å²) in [5.74, 6) is 1.77. The molecular formula is C17H26N+. The number of quaternary nitrogens is 1. The van der Waals surface area contributed by atoms with Gasteiger partial charge < -0.3 is 5.32 Å². The summed E-state index contributed by atoms with van der Waals surface area (Å²) < 4.78 is 0. The first-order chi connectivity index (χ1) is 8.77. The van der Waals surface area contributed by atoms with E-state index in [1.54, 1.807) is 0 Å². The first-order valence-corrected chi connectivity index (χ1v) is 7.32. The van der Waals surface area contributed by atoms with E-state index in [9.17, 15) is 0 Å². The van der Waals surface area contributed by atoms with Crippen LogP contribution in [-0.2, 0) is 0 Å². The summed E-state index contributed by atoms with van der Waals surface area (Å²) in [4.78, 5) is 0. The standard InChI is InChI=1S/C17H25N/c1-14-8-6-12-17(15(14)2)18-13-7-11-16-9-4-3-5-10-16/h3-5,7,9-11,14-15,17-18H,6,8,12-13H2,1-2H3/p+1/b11-7+/t14-,15-,17+/m1/s1. The van der Waals surface area contributed by atoms with Crippen LogP contribution in [-0.4, -0.2) is 12.6 Å². The fourth-order valence-corrected chi connectivity index (χ4v) is 2.98. The van der Waals surface area contributed by atoms with Crippen LogP contribution in [0.4, 0.5) is 0 Å². The monoisotopic (exact) mass is 244 g/mol. The molecule has 1 heteroatoms. The second-order valence-corrected chi connectivity index (χ2v) is 5.72. The first-order valence-electron chi connectivity index (χ1n) is 7.32. The molecular weight excluding hydrogens is 218 g/mol. The average Bonchev–Trinajstić information content (AvgIpc) is 2.40. The van der Waals surface area contributed by atoms with Crippen molar-refractivity contribution < 1.29 is 5.32 Å². The van der Waals surface area contributed by atoms with E-state index in [0.717, 1.165) is 24.4 Å². The minimum atomic E-state index is 0.828. The van der Waals surface area contributed by atoms with Crippen LogP contribution in [0.15, 0.2) is 36.4 Å². The molecule has 0 heterocycles. The summed E-state index contributed by atoms with van der Waals surface area (Å²) in [6, 6.07) is 11.4. The quantitative estimate of drug-likeness (QED) is 0.838. The summed E-state index contributed by atoms with van der Waals surface area (Å²) in [7, 11) is 0. The van der Waals surface area contributed by atoms with Crippen molar-refractivity contribution in [3.05, 3.63) is 42.0 Å². The highest BCUT2D eigenvalue weighted by molar-refractivity contribution is 5.48. The molecule has 0 amide bonds. The molecule has 2 rings (SSSR count). The average molecular weight is 244 g/mol. The van der Waals surface area contributed by atoms with E-state index in [4.69, 9.17) is 0 Å². The predicted octanol–water partition coefficient (Wildman–Crippen LogP) is 3.09. The lowest BCUT2D eigenvalue weighted by Gasteiger charge is -2.31. The van der Waals surface area contributed by atoms with E-state index < -0.39 is 0 Å². The number of rotatable bonds is 4. The van der Waals surface area contributed by atoms with Crippen LogP contribution in [0, 0.1) is 11.8 Å². The molecule has 1 aromatic carbocycles. The fourth-order valence-electron chi connectivity index (χ4n) is 2.98. The SMILES string of the molecule is C[C@@H]1[C@H](C)CCC[C@@H]1[NH2+]C/C=C/c1ccccc1. The molecule has 0 aromatic heterocycles. The highest BCUT2D eigenvalue weighted by atomic mass is 14.9. The highest BCUT2D eigenvalue weighted by Crippen LogP contribution is 2.27. The van der Waals surface area contributed by atoms with Gasteiger partial charge in [-0.15, -0.1) is 0 Å². The molecule has 0 saturated heterocycles. The Morgan fingerprint density at radius 3 is 2.72 bits per heavy atom. The molecule has 2 N–H and O–H groups in total. The molecule has 1 saturated carbocycles. The Hall–Kier alpha value is -1.08. The van der Waals surface area contributed by atoms with Gasteiger partial charge in [-0.1, -0.05) is 50.3 Å². The Morgan fingerprint density at radius 2 is 1.94 bits per heavy atom. The van der Waals surface area contributed by atoms with E-state index in [1.165, 1.54) is 24.8 Å². The summed E-state index contributed by atoms with van der Waals surface area (Å²) in [5, 5.41) is 2.53. The third kappa shape index (κ3) is 3.71. The molecule has 0 spiro atoms. The van der Waals surface area contributed by atoms with Crippen LogP contribution in [0.25, 0.3) is 6.08 Å². The van der Waals surface area contributed by atoms with Crippen molar-refractivity contribution >= 4 is 6.08 Å². The normalized spacial score (nSPS) is 28.7. The van der Waals surface area contributed by atoms with Gasteiger partial charge in [0.15, 0.2) is 0 Å². The minimum Gasteiger partial charge on any atom is -0.340 e. The molecule has 0 unspecified atom stereocenters. The zero-order valence-corrected chi connectivity index (χ0v) is 11.7. The Labute approximate surface area is 111 Å². The molecule has 98 valence electrons. The Balaban J connectivity index is 1.76. The Morgan fingerprint density at radius 1 is 1.17 bits per heavy atom. The van der Waals surface area contributed by atoms with Gasteiger partial charge in [-0.2, -0.15) is 0 Å². The summed E-state index contributed by atoms with van der Waals surface area (Å²) >= 11 is 0. The third-order valence-electron chi connectivity index (χ3n) is 4.45. The second-order valence-electron chi connectivity index (χ2n) is 5.72. The fraction of sp³-hybridized carbons (Fsp3) is 0.529. The van der Waals surface area contributed by atoms with Gasteiger partial charge in [0, 0.05) is 5.92 Å². The van der Waals surface area contributed by atoms with Crippen molar-refractivity contribution in [2.45, 2.75) is 39.2 Å². The van der Waals surface area contributed by atoms with Crippen LogP contribution in [0.1, 0.15) is 38.7 Å². The summed E-state index contributed by atoms with van der Waals surface area (Å²) in [6.07, 6.45) is 8.75. The van der Waals surface area contributed by atoms with Crippen LogP contribution in [0.5, 0.6) is 0 Å². The number of hydrogen-bond donors (Lipinski definition) is 1. The maximum atomic E-state index is 2.53. The highest BCUT2D eigenvalue weighted by Gasteiger charge is 2.28. The van der Waals surface area contributed by atoms with Gasteiger partial charge in [-0.05, 0) is 36.8 Å². The van der Waals surface area contributed by atoms with Gasteiger partial charge in [-0.3, -0.25) is 0 Å². The van der Waals surface area contributed by atoms with Crippen LogP contribution in [0.3, 0.4) is 0 Å². The van der Waals surface area contributed by atoms with Crippen LogP contribution < -0.4 is 5.32 Å².